The SMILES string of the molecule is CC(=O)c1ccc2c(/C=C\CCP(C)(C)=O)cccc2n1. The lowest BCUT2D eigenvalue weighted by Gasteiger charge is -2.04. The third-order valence-corrected chi connectivity index (χ3v) is 4.59. The molecule has 3 nitrogen and oxygen atoms in total. The van der Waals surface area contributed by atoms with Crippen LogP contribution in [0.2, 0.25) is 0 Å². The molecule has 0 unspecified atom stereocenters. The van der Waals surface area contributed by atoms with Gasteiger partial charge in [0.25, 0.3) is 0 Å². The number of nitrogens with zero attached hydrogens (tertiary/aromatic N) is 1. The number of benzene rings is 1. The summed E-state index contributed by atoms with van der Waals surface area (Å²) in [6, 6.07) is 9.55. The Hall–Kier alpha value is -1.73. The van der Waals surface area contributed by atoms with Gasteiger partial charge >= 0.3 is 0 Å². The summed E-state index contributed by atoms with van der Waals surface area (Å²) in [4.78, 5) is 15.8. The number of ketones is 1. The molecule has 0 aliphatic rings. The number of carbonyl (C=O) groups is 1. The molecule has 21 heavy (non-hydrogen) atoms. The summed E-state index contributed by atoms with van der Waals surface area (Å²) in [6.07, 6.45) is 5.61. The van der Waals surface area contributed by atoms with Crippen molar-refractivity contribution >= 4 is 29.9 Å². The second kappa shape index (κ2) is 6.36. The van der Waals surface area contributed by atoms with Crippen LogP contribution in [0, 0.1) is 0 Å². The van der Waals surface area contributed by atoms with Gasteiger partial charge in [-0.3, -0.25) is 4.79 Å². The molecule has 4 heteroatoms. The van der Waals surface area contributed by atoms with Gasteiger partial charge in [0.1, 0.15) is 5.69 Å². The maximum Gasteiger partial charge on any atom is 0.178 e. The molecule has 0 radical (unpaired) electrons. The molecular formula is C17H20NO2P. The van der Waals surface area contributed by atoms with E-state index in [2.05, 4.69) is 4.98 Å². The molecule has 0 amide bonds. The Labute approximate surface area is 125 Å². The lowest BCUT2D eigenvalue weighted by atomic mass is 10.1. The Morgan fingerprint density at radius 1 is 1.24 bits per heavy atom. The number of aromatic nitrogens is 1. The van der Waals surface area contributed by atoms with Crippen LogP contribution in [-0.4, -0.2) is 30.3 Å². The Morgan fingerprint density at radius 3 is 2.67 bits per heavy atom. The fraction of sp³-hybridized carbons (Fsp3) is 0.294. The van der Waals surface area contributed by atoms with Crippen LogP contribution in [0.25, 0.3) is 17.0 Å². The normalized spacial score (nSPS) is 12.1. The van der Waals surface area contributed by atoms with Gasteiger partial charge in [0.05, 0.1) is 12.7 Å². The molecule has 0 atom stereocenters. The largest absolute Gasteiger partial charge is 0.324 e. The van der Waals surface area contributed by atoms with Crippen LogP contribution in [0.1, 0.15) is 29.4 Å². The summed E-state index contributed by atoms with van der Waals surface area (Å²) < 4.78 is 11.7. The van der Waals surface area contributed by atoms with Gasteiger partial charge in [0.15, 0.2) is 5.78 Å². The monoisotopic (exact) mass is 301 g/mol. The Kier molecular flexibility index (Phi) is 4.74. The van der Waals surface area contributed by atoms with Crippen molar-refractivity contribution in [2.75, 3.05) is 19.5 Å². The van der Waals surface area contributed by atoms with Crippen molar-refractivity contribution in [1.82, 2.24) is 4.98 Å². The molecule has 0 aliphatic carbocycles. The van der Waals surface area contributed by atoms with Crippen molar-refractivity contribution in [1.29, 1.82) is 0 Å². The summed E-state index contributed by atoms with van der Waals surface area (Å²) >= 11 is 0. The maximum atomic E-state index is 11.7. The zero-order chi connectivity index (χ0) is 15.5. The number of hydrogen-bond acceptors (Lipinski definition) is 3. The van der Waals surface area contributed by atoms with Gasteiger partial charge in [-0.15, -0.1) is 0 Å². The molecule has 0 bridgehead atoms. The smallest absolute Gasteiger partial charge is 0.178 e. The molecule has 110 valence electrons. The van der Waals surface area contributed by atoms with Gasteiger partial charge in [0, 0.05) is 18.5 Å². The minimum atomic E-state index is -1.95. The van der Waals surface area contributed by atoms with Gasteiger partial charge in [-0.05, 0) is 43.5 Å². The highest BCUT2D eigenvalue weighted by atomic mass is 31.2. The van der Waals surface area contributed by atoms with Gasteiger partial charge in [-0.1, -0.05) is 24.3 Å². The van der Waals surface area contributed by atoms with E-state index in [4.69, 9.17) is 0 Å². The zero-order valence-electron chi connectivity index (χ0n) is 12.7. The van der Waals surface area contributed by atoms with Crippen molar-refractivity contribution in [2.24, 2.45) is 0 Å². The van der Waals surface area contributed by atoms with Gasteiger partial charge in [-0.2, -0.15) is 0 Å². The molecule has 0 N–H and O–H groups in total. The van der Waals surface area contributed by atoms with Crippen LogP contribution in [0.4, 0.5) is 0 Å². The molecular weight excluding hydrogens is 281 g/mol. The van der Waals surface area contributed by atoms with Crippen molar-refractivity contribution in [2.45, 2.75) is 13.3 Å². The second-order valence-electron chi connectivity index (χ2n) is 5.66. The van der Waals surface area contributed by atoms with Crippen LogP contribution in [0.3, 0.4) is 0 Å². The highest BCUT2D eigenvalue weighted by molar-refractivity contribution is 7.62. The number of Topliss-reactive ketones (excluding diaryl/α,β-unsaturated/α-hetero) is 1. The van der Waals surface area contributed by atoms with E-state index in [1.807, 2.05) is 49.7 Å². The van der Waals surface area contributed by atoms with Crippen molar-refractivity contribution in [3.05, 3.63) is 47.7 Å². The van der Waals surface area contributed by atoms with Gasteiger partial charge in [-0.25, -0.2) is 4.98 Å². The fourth-order valence-electron chi connectivity index (χ4n) is 2.12. The fourth-order valence-corrected chi connectivity index (χ4v) is 2.89. The number of pyridine rings is 1. The van der Waals surface area contributed by atoms with Crippen LogP contribution >= 0.6 is 7.14 Å². The average molecular weight is 301 g/mol. The van der Waals surface area contributed by atoms with E-state index in [9.17, 15) is 9.36 Å². The summed E-state index contributed by atoms with van der Waals surface area (Å²) in [5.41, 5.74) is 2.38. The first-order valence-corrected chi connectivity index (χ1v) is 9.77. The first-order valence-electron chi connectivity index (χ1n) is 6.98. The summed E-state index contributed by atoms with van der Waals surface area (Å²) in [7, 11) is -1.95. The number of fused-ring (bicyclic) bond motifs is 1. The summed E-state index contributed by atoms with van der Waals surface area (Å²) in [6.45, 7) is 5.14. The predicted molar refractivity (Wildman–Crippen MR) is 89.7 cm³/mol. The molecule has 0 aliphatic heterocycles. The molecule has 2 aromatic rings. The van der Waals surface area contributed by atoms with Crippen molar-refractivity contribution < 1.29 is 9.36 Å². The first-order chi connectivity index (χ1) is 9.87. The molecule has 0 saturated carbocycles. The van der Waals surface area contributed by atoms with E-state index in [1.165, 1.54) is 6.92 Å². The van der Waals surface area contributed by atoms with E-state index >= 15 is 0 Å². The van der Waals surface area contributed by atoms with E-state index < -0.39 is 7.14 Å². The van der Waals surface area contributed by atoms with E-state index in [0.717, 1.165) is 29.0 Å². The maximum absolute atomic E-state index is 11.7. The van der Waals surface area contributed by atoms with Crippen LogP contribution < -0.4 is 0 Å². The number of rotatable bonds is 5. The summed E-state index contributed by atoms with van der Waals surface area (Å²) in [5, 5.41) is 1.02. The van der Waals surface area contributed by atoms with Crippen molar-refractivity contribution in [3.63, 3.8) is 0 Å². The lowest BCUT2D eigenvalue weighted by Crippen LogP contribution is -1.96. The average Bonchev–Trinajstić information content (AvgIpc) is 2.42. The topological polar surface area (TPSA) is 47.0 Å². The van der Waals surface area contributed by atoms with Gasteiger partial charge < -0.3 is 4.57 Å². The molecule has 1 aromatic heterocycles. The quantitative estimate of drug-likeness (QED) is 0.605. The molecule has 0 saturated heterocycles. The van der Waals surface area contributed by atoms with E-state index in [-0.39, 0.29) is 5.78 Å². The Balaban J connectivity index is 2.26. The standard InChI is InChI=1S/C17H20NO2P/c1-13(19)16-11-10-15-14(8-6-9-17(15)18-16)7-4-5-12-21(2,3)20/h4,6-11H,5,12H2,1-3H3/b7-4-. The minimum absolute atomic E-state index is 0.0283. The van der Waals surface area contributed by atoms with E-state index in [1.54, 1.807) is 6.07 Å². The van der Waals surface area contributed by atoms with Crippen LogP contribution in [0.15, 0.2) is 36.4 Å². The minimum Gasteiger partial charge on any atom is -0.324 e. The second-order valence-corrected chi connectivity index (χ2v) is 9.25. The predicted octanol–water partition coefficient (Wildman–Crippen LogP) is 4.46. The van der Waals surface area contributed by atoms with Crippen molar-refractivity contribution in [3.8, 4) is 0 Å². The zero-order valence-corrected chi connectivity index (χ0v) is 13.6. The number of hydrogen-bond donors (Lipinski definition) is 0. The Morgan fingerprint density at radius 2 is 2.00 bits per heavy atom. The number of allylic oxidation sites excluding steroid dienone is 1. The molecule has 2 rings (SSSR count). The first kappa shape index (κ1) is 15.7. The highest BCUT2D eigenvalue weighted by Gasteiger charge is 2.06. The number of carbonyl (C=O) groups excluding carboxylic acids is 1. The van der Waals surface area contributed by atoms with Gasteiger partial charge in [0.2, 0.25) is 0 Å². The Bertz CT molecular complexity index is 744. The molecule has 0 spiro atoms. The molecule has 1 heterocycles. The molecule has 0 fully saturated rings. The van der Waals surface area contributed by atoms with Crippen LogP contribution in [0.5, 0.6) is 0 Å². The third kappa shape index (κ3) is 4.37. The summed E-state index contributed by atoms with van der Waals surface area (Å²) in [5.74, 6) is -0.0283. The van der Waals surface area contributed by atoms with Crippen LogP contribution in [-0.2, 0) is 4.57 Å². The van der Waals surface area contributed by atoms with E-state index in [0.29, 0.717) is 5.69 Å². The lowest BCUT2D eigenvalue weighted by molar-refractivity contribution is 0.101. The third-order valence-electron chi connectivity index (χ3n) is 3.26. The molecule has 1 aromatic carbocycles. The highest BCUT2D eigenvalue weighted by Crippen LogP contribution is 2.36.